The van der Waals surface area contributed by atoms with Crippen molar-refractivity contribution in [3.05, 3.63) is 59.8 Å². The minimum absolute atomic E-state index is 0.250. The van der Waals surface area contributed by atoms with Crippen molar-refractivity contribution in [2.75, 3.05) is 0 Å². The molecule has 0 saturated carbocycles. The van der Waals surface area contributed by atoms with Crippen molar-refractivity contribution in [3.8, 4) is 0 Å². The van der Waals surface area contributed by atoms with Crippen LogP contribution in [-0.2, 0) is 17.0 Å². The van der Waals surface area contributed by atoms with E-state index in [1.807, 2.05) is 19.9 Å². The number of halogens is 2. The first-order chi connectivity index (χ1) is 12.8. The summed E-state index contributed by atoms with van der Waals surface area (Å²) in [7, 11) is 0. The minimum atomic E-state index is -2.46. The highest BCUT2D eigenvalue weighted by atomic mass is 32.2. The van der Waals surface area contributed by atoms with E-state index in [2.05, 4.69) is 10.1 Å². The zero-order chi connectivity index (χ0) is 19.6. The molecule has 2 heterocycles. The maximum absolute atomic E-state index is 15.3. The van der Waals surface area contributed by atoms with E-state index >= 15 is 4.39 Å². The van der Waals surface area contributed by atoms with Gasteiger partial charge < -0.3 is 5.11 Å². The van der Waals surface area contributed by atoms with Gasteiger partial charge in [-0.15, -0.1) is 11.8 Å². The fraction of sp³-hybridized carbons (Fsp3) is 0.316. The maximum atomic E-state index is 15.3. The van der Waals surface area contributed by atoms with Gasteiger partial charge in [0.25, 0.3) is 5.79 Å². The summed E-state index contributed by atoms with van der Waals surface area (Å²) >= 11 is 1.55. The van der Waals surface area contributed by atoms with E-state index in [0.29, 0.717) is 16.4 Å². The number of aromatic nitrogens is 3. The van der Waals surface area contributed by atoms with E-state index in [-0.39, 0.29) is 12.8 Å². The lowest BCUT2D eigenvalue weighted by Gasteiger charge is -2.27. The average Bonchev–Trinajstić information content (AvgIpc) is 3.06. The highest BCUT2D eigenvalue weighted by Gasteiger charge is 2.40. The van der Waals surface area contributed by atoms with Crippen LogP contribution >= 0.6 is 11.8 Å². The summed E-state index contributed by atoms with van der Waals surface area (Å²) in [4.78, 5) is 15.1. The third-order valence-electron chi connectivity index (χ3n) is 4.02. The van der Waals surface area contributed by atoms with Gasteiger partial charge in [-0.2, -0.15) is 5.10 Å². The summed E-state index contributed by atoms with van der Waals surface area (Å²) in [6.45, 7) is 4.07. The summed E-state index contributed by atoms with van der Waals surface area (Å²) in [5.74, 6) is -4.50. The number of carbonyl (C=O) groups is 1. The van der Waals surface area contributed by atoms with E-state index in [4.69, 9.17) is 5.11 Å². The van der Waals surface area contributed by atoms with Gasteiger partial charge in [-0.05, 0) is 17.7 Å². The Morgan fingerprint density at radius 3 is 2.93 bits per heavy atom. The molecule has 2 aromatic heterocycles. The van der Waals surface area contributed by atoms with Gasteiger partial charge in [0.15, 0.2) is 5.83 Å². The van der Waals surface area contributed by atoms with Crippen molar-refractivity contribution in [2.45, 2.75) is 42.8 Å². The van der Waals surface area contributed by atoms with Crippen molar-refractivity contribution in [2.24, 2.45) is 0 Å². The van der Waals surface area contributed by atoms with Crippen LogP contribution in [0.5, 0.6) is 0 Å². The minimum Gasteiger partial charge on any atom is -0.481 e. The highest BCUT2D eigenvalue weighted by molar-refractivity contribution is 7.99. The molecule has 0 fully saturated rings. The Bertz CT molecular complexity index is 923. The second-order valence-electron chi connectivity index (χ2n) is 6.50. The van der Waals surface area contributed by atoms with Crippen molar-refractivity contribution < 1.29 is 18.7 Å². The second-order valence-corrected chi connectivity index (χ2v) is 8.07. The normalized spacial score (nSPS) is 19.7. The van der Waals surface area contributed by atoms with Gasteiger partial charge in [0, 0.05) is 35.2 Å². The number of rotatable bonds is 6. The standard InChI is InChI=1S/C19H19F2N3O2S/c1-12(2)27-18-15(4-3-7-22-18)14-5-6-19(21,16(20)9-14)24-11-13(10-23-24)8-17(25)26/h3-5,7,9-12H,6,8H2,1-2H3,(H,25,26). The number of aliphatic carboxylic acids is 1. The molecule has 1 aliphatic rings. The summed E-state index contributed by atoms with van der Waals surface area (Å²) in [6.07, 6.45) is 6.36. The lowest BCUT2D eigenvalue weighted by atomic mass is 9.95. The van der Waals surface area contributed by atoms with Crippen LogP contribution in [0.3, 0.4) is 0 Å². The molecule has 27 heavy (non-hydrogen) atoms. The molecule has 0 aliphatic heterocycles. The molecule has 0 bridgehead atoms. The molecule has 0 radical (unpaired) electrons. The van der Waals surface area contributed by atoms with Gasteiger partial charge in [0.1, 0.15) is 5.03 Å². The number of thioether (sulfide) groups is 1. The number of carboxylic acid groups (broad SMARTS) is 1. The van der Waals surface area contributed by atoms with Crippen LogP contribution in [0.15, 0.2) is 53.7 Å². The molecule has 0 amide bonds. The zero-order valence-electron chi connectivity index (χ0n) is 14.9. The lowest BCUT2D eigenvalue weighted by Crippen LogP contribution is -2.31. The Balaban J connectivity index is 1.89. The van der Waals surface area contributed by atoms with Crippen molar-refractivity contribution in [1.82, 2.24) is 14.8 Å². The van der Waals surface area contributed by atoms with E-state index < -0.39 is 17.6 Å². The maximum Gasteiger partial charge on any atom is 0.307 e. The van der Waals surface area contributed by atoms with Crippen molar-refractivity contribution in [1.29, 1.82) is 0 Å². The predicted molar refractivity (Wildman–Crippen MR) is 99.7 cm³/mol. The fourth-order valence-corrected chi connectivity index (χ4v) is 3.67. The number of carboxylic acids is 1. The Hall–Kier alpha value is -2.48. The van der Waals surface area contributed by atoms with Gasteiger partial charge in [-0.3, -0.25) is 4.79 Å². The number of nitrogens with zero attached hydrogens (tertiary/aromatic N) is 3. The van der Waals surface area contributed by atoms with E-state index in [0.717, 1.165) is 21.3 Å². The van der Waals surface area contributed by atoms with Crippen LogP contribution in [0.2, 0.25) is 0 Å². The molecule has 8 heteroatoms. The summed E-state index contributed by atoms with van der Waals surface area (Å²) < 4.78 is 30.9. The van der Waals surface area contributed by atoms with Gasteiger partial charge in [0.2, 0.25) is 0 Å². The molecule has 1 N–H and O–H groups in total. The topological polar surface area (TPSA) is 68.0 Å². The summed E-state index contributed by atoms with van der Waals surface area (Å²) in [6, 6.07) is 3.59. The molecule has 3 rings (SSSR count). The van der Waals surface area contributed by atoms with E-state index in [1.165, 1.54) is 12.4 Å². The number of alkyl halides is 1. The van der Waals surface area contributed by atoms with Gasteiger partial charge in [-0.1, -0.05) is 26.0 Å². The molecule has 0 spiro atoms. The Labute approximate surface area is 159 Å². The fourth-order valence-electron chi connectivity index (χ4n) is 2.79. The molecule has 5 nitrogen and oxygen atoms in total. The summed E-state index contributed by atoms with van der Waals surface area (Å²) in [5.41, 5.74) is 1.63. The molecule has 1 unspecified atom stereocenters. The lowest BCUT2D eigenvalue weighted by molar-refractivity contribution is -0.136. The first kappa shape index (κ1) is 19.3. The van der Waals surface area contributed by atoms with Crippen LogP contribution in [0.1, 0.15) is 31.4 Å². The van der Waals surface area contributed by atoms with E-state index in [1.54, 1.807) is 30.1 Å². The summed E-state index contributed by atoms with van der Waals surface area (Å²) in [5, 5.41) is 13.7. The Kier molecular flexibility index (Phi) is 5.46. The van der Waals surface area contributed by atoms with E-state index in [9.17, 15) is 9.18 Å². The van der Waals surface area contributed by atoms with Gasteiger partial charge >= 0.3 is 5.97 Å². The number of pyridine rings is 1. The quantitative estimate of drug-likeness (QED) is 0.741. The molecule has 2 aromatic rings. The van der Waals surface area contributed by atoms with Crippen LogP contribution in [0.25, 0.3) is 5.57 Å². The average molecular weight is 391 g/mol. The smallest absolute Gasteiger partial charge is 0.307 e. The second kappa shape index (κ2) is 7.64. The van der Waals surface area contributed by atoms with Crippen LogP contribution in [0.4, 0.5) is 8.78 Å². The third kappa shape index (κ3) is 4.10. The van der Waals surface area contributed by atoms with Gasteiger partial charge in [-0.25, -0.2) is 18.4 Å². The Morgan fingerprint density at radius 1 is 1.48 bits per heavy atom. The SMILES string of the molecule is CC(C)Sc1ncccc1C1=CCC(F)(n2cc(CC(=O)O)cn2)C(F)=C1. The predicted octanol–water partition coefficient (Wildman–Crippen LogP) is 4.37. The molecular formula is C19H19F2N3O2S. The third-order valence-corrected chi connectivity index (χ3v) is 5.04. The number of allylic oxidation sites excluding steroid dienone is 4. The van der Waals surface area contributed by atoms with Crippen molar-refractivity contribution >= 4 is 23.3 Å². The molecule has 0 aromatic carbocycles. The van der Waals surface area contributed by atoms with Crippen LogP contribution in [0, 0.1) is 0 Å². The van der Waals surface area contributed by atoms with Gasteiger partial charge in [0.05, 0.1) is 12.6 Å². The molecule has 1 atom stereocenters. The monoisotopic (exact) mass is 391 g/mol. The molecule has 0 saturated heterocycles. The number of hydrogen-bond acceptors (Lipinski definition) is 4. The molecule has 142 valence electrons. The molecular weight excluding hydrogens is 372 g/mol. The van der Waals surface area contributed by atoms with Crippen LogP contribution in [-0.4, -0.2) is 31.1 Å². The zero-order valence-corrected chi connectivity index (χ0v) is 15.7. The number of hydrogen-bond donors (Lipinski definition) is 1. The Morgan fingerprint density at radius 2 is 2.26 bits per heavy atom. The molecule has 1 aliphatic carbocycles. The largest absolute Gasteiger partial charge is 0.481 e. The first-order valence-electron chi connectivity index (χ1n) is 8.44. The highest BCUT2D eigenvalue weighted by Crippen LogP contribution is 2.41. The van der Waals surface area contributed by atoms with Crippen LogP contribution < -0.4 is 0 Å². The first-order valence-corrected chi connectivity index (χ1v) is 9.32. The van der Waals surface area contributed by atoms with Crippen molar-refractivity contribution in [3.63, 3.8) is 0 Å².